The molecule has 3 rings (SSSR count). The van der Waals surface area contributed by atoms with E-state index in [9.17, 15) is 14.3 Å². The van der Waals surface area contributed by atoms with Gasteiger partial charge in [-0.25, -0.2) is 4.39 Å². The lowest BCUT2D eigenvalue weighted by atomic mass is 9.69. The molecule has 1 aliphatic heterocycles. The van der Waals surface area contributed by atoms with E-state index in [0.29, 0.717) is 18.9 Å². The molecule has 1 aliphatic carbocycles. The zero-order valence-electron chi connectivity index (χ0n) is 20.0. The Morgan fingerprint density at radius 1 is 1.27 bits per heavy atom. The number of benzene rings is 1. The van der Waals surface area contributed by atoms with Gasteiger partial charge in [-0.05, 0) is 55.7 Å². The molecule has 33 heavy (non-hydrogen) atoms. The molecule has 0 radical (unpaired) electrons. The van der Waals surface area contributed by atoms with Gasteiger partial charge in [0.1, 0.15) is 5.82 Å². The van der Waals surface area contributed by atoms with Crippen molar-refractivity contribution < 1.29 is 23.8 Å². The Bertz CT molecular complexity index is 803. The number of hydrogen-bond donors (Lipinski definition) is 1. The maximum Gasteiger partial charge on any atom is 0.305 e. The van der Waals surface area contributed by atoms with E-state index in [-0.39, 0.29) is 29.2 Å². The van der Waals surface area contributed by atoms with Crippen LogP contribution in [-0.4, -0.2) is 37.0 Å². The summed E-state index contributed by atoms with van der Waals surface area (Å²) < 4.78 is 24.5. The highest BCUT2D eigenvalue weighted by molar-refractivity contribution is 5.69. The molecule has 5 heteroatoms. The number of allylic oxidation sites excluding steroid dienone is 2. The monoisotopic (exact) mass is 458 g/mol. The van der Waals surface area contributed by atoms with Crippen LogP contribution in [0.15, 0.2) is 48.6 Å². The number of halogens is 1. The lowest BCUT2D eigenvalue weighted by molar-refractivity contribution is -0.140. The first-order valence-corrected chi connectivity index (χ1v) is 12.5. The van der Waals surface area contributed by atoms with Gasteiger partial charge in [-0.2, -0.15) is 0 Å². The number of methoxy groups -OCH3 is 1. The van der Waals surface area contributed by atoms with E-state index in [1.165, 1.54) is 19.2 Å². The van der Waals surface area contributed by atoms with Crippen molar-refractivity contribution in [3.8, 4) is 0 Å². The molecule has 5 atom stereocenters. The quantitative estimate of drug-likeness (QED) is 0.228. The SMILES string of the molecule is CCCCC[C@@H](O)C=C[C@@H]1[C@@H]2C[C@@](c3ccc(F)cc3)(CO2)[C@H]1CC=CCCCC(=O)OC. The molecule has 1 saturated heterocycles. The predicted octanol–water partition coefficient (Wildman–Crippen LogP) is 5.89. The molecule has 1 saturated carbocycles. The normalized spacial score (nSPS) is 27.6. The smallest absolute Gasteiger partial charge is 0.305 e. The van der Waals surface area contributed by atoms with Crippen LogP contribution in [0, 0.1) is 17.7 Å². The summed E-state index contributed by atoms with van der Waals surface area (Å²) in [4.78, 5) is 11.3. The zero-order chi connectivity index (χ0) is 23.7. The van der Waals surface area contributed by atoms with Crippen molar-refractivity contribution in [3.63, 3.8) is 0 Å². The molecular formula is C28H39FO4. The fourth-order valence-corrected chi connectivity index (χ4v) is 5.49. The molecule has 0 amide bonds. The highest BCUT2D eigenvalue weighted by Gasteiger charge is 2.58. The summed E-state index contributed by atoms with van der Waals surface area (Å²) >= 11 is 0. The van der Waals surface area contributed by atoms with Gasteiger partial charge in [0.15, 0.2) is 0 Å². The molecule has 1 aromatic rings. The van der Waals surface area contributed by atoms with Gasteiger partial charge in [0.2, 0.25) is 0 Å². The summed E-state index contributed by atoms with van der Waals surface area (Å²) in [6.45, 7) is 2.81. The fraction of sp³-hybridized carbons (Fsp3) is 0.607. The molecule has 1 heterocycles. The summed E-state index contributed by atoms with van der Waals surface area (Å²) in [5.41, 5.74) is 0.992. The number of aliphatic hydroxyl groups is 1. The second-order valence-electron chi connectivity index (χ2n) is 9.52. The van der Waals surface area contributed by atoms with Crippen LogP contribution in [-0.2, 0) is 19.7 Å². The molecule has 182 valence electrons. The van der Waals surface area contributed by atoms with Crippen LogP contribution in [0.25, 0.3) is 0 Å². The average molecular weight is 459 g/mol. The van der Waals surface area contributed by atoms with Gasteiger partial charge >= 0.3 is 5.97 Å². The van der Waals surface area contributed by atoms with Gasteiger partial charge in [-0.15, -0.1) is 0 Å². The van der Waals surface area contributed by atoms with Crippen molar-refractivity contribution in [1.82, 2.24) is 0 Å². The number of fused-ring (bicyclic) bond motifs is 2. The Balaban J connectivity index is 1.71. The van der Waals surface area contributed by atoms with Crippen molar-refractivity contribution in [2.24, 2.45) is 11.8 Å². The van der Waals surface area contributed by atoms with Crippen molar-refractivity contribution >= 4 is 5.97 Å². The van der Waals surface area contributed by atoms with Crippen molar-refractivity contribution in [1.29, 1.82) is 0 Å². The van der Waals surface area contributed by atoms with Crippen LogP contribution in [0.2, 0.25) is 0 Å². The number of unbranched alkanes of at least 4 members (excludes halogenated alkanes) is 3. The van der Waals surface area contributed by atoms with Crippen LogP contribution in [0.4, 0.5) is 4.39 Å². The molecule has 2 aliphatic rings. The second-order valence-corrected chi connectivity index (χ2v) is 9.52. The molecule has 1 N–H and O–H groups in total. The molecule has 1 aromatic carbocycles. The maximum absolute atomic E-state index is 13.6. The van der Waals surface area contributed by atoms with Crippen molar-refractivity contribution in [3.05, 3.63) is 60.0 Å². The van der Waals surface area contributed by atoms with E-state index in [1.54, 1.807) is 0 Å². The summed E-state index contributed by atoms with van der Waals surface area (Å²) in [7, 11) is 1.42. The first-order chi connectivity index (χ1) is 16.0. The molecule has 0 unspecified atom stereocenters. The van der Waals surface area contributed by atoms with Crippen molar-refractivity contribution in [2.75, 3.05) is 13.7 Å². The average Bonchev–Trinajstić information content (AvgIpc) is 3.38. The number of aliphatic hydroxyl groups excluding tert-OH is 1. The largest absolute Gasteiger partial charge is 0.469 e. The van der Waals surface area contributed by atoms with E-state index in [4.69, 9.17) is 9.47 Å². The lowest BCUT2D eigenvalue weighted by Crippen LogP contribution is -2.39. The summed E-state index contributed by atoms with van der Waals surface area (Å²) in [5, 5.41) is 10.4. The molecule has 4 nitrogen and oxygen atoms in total. The summed E-state index contributed by atoms with van der Waals surface area (Å²) in [6, 6.07) is 6.88. The molecule has 2 bridgehead atoms. The van der Waals surface area contributed by atoms with Crippen LogP contribution in [0.3, 0.4) is 0 Å². The van der Waals surface area contributed by atoms with E-state index in [0.717, 1.165) is 56.9 Å². The Kier molecular flexibility index (Phi) is 9.69. The fourth-order valence-electron chi connectivity index (χ4n) is 5.49. The minimum atomic E-state index is -0.424. The number of carbonyl (C=O) groups is 1. The predicted molar refractivity (Wildman–Crippen MR) is 128 cm³/mol. The third-order valence-electron chi connectivity index (χ3n) is 7.34. The third kappa shape index (κ3) is 6.54. The highest BCUT2D eigenvalue weighted by Crippen LogP contribution is 2.57. The van der Waals surface area contributed by atoms with E-state index in [1.807, 2.05) is 18.2 Å². The second kappa shape index (κ2) is 12.5. The van der Waals surface area contributed by atoms with E-state index >= 15 is 0 Å². The molecule has 2 fully saturated rings. The Morgan fingerprint density at radius 2 is 2.06 bits per heavy atom. The zero-order valence-corrected chi connectivity index (χ0v) is 20.0. The summed E-state index contributed by atoms with van der Waals surface area (Å²) in [5.74, 6) is 0.130. The van der Waals surface area contributed by atoms with Crippen LogP contribution in [0.1, 0.15) is 70.3 Å². The number of esters is 1. The van der Waals surface area contributed by atoms with Gasteiger partial charge in [0, 0.05) is 17.8 Å². The van der Waals surface area contributed by atoms with E-state index < -0.39 is 6.10 Å². The van der Waals surface area contributed by atoms with Gasteiger partial charge in [0.25, 0.3) is 0 Å². The Morgan fingerprint density at radius 3 is 2.79 bits per heavy atom. The van der Waals surface area contributed by atoms with Gasteiger partial charge in [-0.1, -0.05) is 62.6 Å². The topological polar surface area (TPSA) is 55.8 Å². The molecular weight excluding hydrogens is 419 g/mol. The van der Waals surface area contributed by atoms with Gasteiger partial charge in [-0.3, -0.25) is 4.79 Å². The number of hydrogen-bond acceptors (Lipinski definition) is 4. The maximum atomic E-state index is 13.6. The first-order valence-electron chi connectivity index (χ1n) is 12.5. The van der Waals surface area contributed by atoms with Crippen LogP contribution in [0.5, 0.6) is 0 Å². The molecule has 0 aromatic heterocycles. The first kappa shape index (κ1) is 25.6. The van der Waals surface area contributed by atoms with Crippen LogP contribution >= 0.6 is 0 Å². The highest BCUT2D eigenvalue weighted by atomic mass is 19.1. The van der Waals surface area contributed by atoms with Crippen LogP contribution < -0.4 is 0 Å². The lowest BCUT2D eigenvalue weighted by Gasteiger charge is -2.38. The molecule has 0 spiro atoms. The van der Waals surface area contributed by atoms with Gasteiger partial charge in [0.05, 0.1) is 25.9 Å². The van der Waals surface area contributed by atoms with Gasteiger partial charge < -0.3 is 14.6 Å². The Labute approximate surface area is 197 Å². The number of rotatable bonds is 13. The Hall–Kier alpha value is -1.98. The van der Waals surface area contributed by atoms with Crippen molar-refractivity contribution in [2.45, 2.75) is 82.3 Å². The number of carbonyl (C=O) groups excluding carboxylic acids is 1. The minimum absolute atomic E-state index is 0.117. The minimum Gasteiger partial charge on any atom is -0.469 e. The van der Waals surface area contributed by atoms with E-state index in [2.05, 4.69) is 25.2 Å². The summed E-state index contributed by atoms with van der Waals surface area (Å²) in [6.07, 6.45) is 16.1. The number of ether oxygens (including phenoxy) is 2. The third-order valence-corrected chi connectivity index (χ3v) is 7.34. The standard InChI is InChI=1S/C28H39FO4/c1-3-4-7-10-23(30)17-18-24-25(11-8-5-6-9-12-27(31)32-2)28(19-26(24)33-20-28)21-13-15-22(29)16-14-21/h5,8,13-18,23-26,30H,3-4,6-7,9-12,19-20H2,1-2H3/t23-,24+,25+,26+,28+/m1/s1.